The summed E-state index contributed by atoms with van der Waals surface area (Å²) in [4.78, 5) is 35.7. The number of aliphatic carboxylic acids is 1. The molecule has 2 amide bonds. The third kappa shape index (κ3) is 8.23. The molecule has 0 saturated heterocycles. The average Bonchev–Trinajstić information content (AvgIpc) is 2.64. The predicted molar refractivity (Wildman–Crippen MR) is 97.4 cm³/mol. The van der Waals surface area contributed by atoms with E-state index in [9.17, 15) is 19.5 Å². The van der Waals surface area contributed by atoms with Gasteiger partial charge in [0.1, 0.15) is 18.7 Å². The summed E-state index contributed by atoms with van der Waals surface area (Å²) in [6.07, 6.45) is -0.0638. The molecule has 0 bridgehead atoms. The quantitative estimate of drug-likeness (QED) is 0.538. The number of carbonyl (C=O) groups is 3. The van der Waals surface area contributed by atoms with E-state index in [-0.39, 0.29) is 25.4 Å². The van der Waals surface area contributed by atoms with Crippen molar-refractivity contribution in [2.75, 3.05) is 0 Å². The monoisotopic (exact) mass is 375 g/mol. The van der Waals surface area contributed by atoms with Gasteiger partial charge in [-0.05, 0) is 24.3 Å². The van der Waals surface area contributed by atoms with E-state index >= 15 is 0 Å². The number of carboxylic acids is 1. The molecule has 0 aliphatic rings. The smallest absolute Gasteiger partial charge is 0.408 e. The predicted octanol–water partition coefficient (Wildman–Crippen LogP) is 2.20. The Hall–Kier alpha value is -3.08. The van der Waals surface area contributed by atoms with Crippen LogP contribution in [0.4, 0.5) is 4.79 Å². The third-order valence-electron chi connectivity index (χ3n) is 3.83. The maximum absolute atomic E-state index is 12.4. The number of nitriles is 1. The number of ether oxygens (including phenoxy) is 1. The molecule has 0 aliphatic carbocycles. The standard InChI is InChI=1S/C19H25N3O5/c1-13(2)16(17(23)21-15(18(24)25)10-6-7-11-20)22-19(26)27-12-14-8-4-3-5-9-14/h3-5,8-9,13,15-16H,6-7,10,12H2,1-2H3,(H,21,23)(H,22,26)(H,24,25)/t15-,16+/m1/s1. The van der Waals surface area contributed by atoms with Crippen molar-refractivity contribution < 1.29 is 24.2 Å². The second kappa shape index (κ2) is 11.5. The first-order valence-corrected chi connectivity index (χ1v) is 8.72. The Balaban J connectivity index is 2.61. The number of carbonyl (C=O) groups excluding carboxylic acids is 2. The second-order valence-electron chi connectivity index (χ2n) is 6.38. The molecular weight excluding hydrogens is 350 g/mol. The van der Waals surface area contributed by atoms with Crippen molar-refractivity contribution in [1.82, 2.24) is 10.6 Å². The molecule has 0 saturated carbocycles. The molecule has 27 heavy (non-hydrogen) atoms. The van der Waals surface area contributed by atoms with Gasteiger partial charge in [-0.3, -0.25) is 4.79 Å². The number of unbranched alkanes of at least 4 members (excludes halogenated alkanes) is 1. The lowest BCUT2D eigenvalue weighted by Gasteiger charge is -2.23. The van der Waals surface area contributed by atoms with Gasteiger partial charge >= 0.3 is 12.1 Å². The molecule has 0 heterocycles. The van der Waals surface area contributed by atoms with Crippen LogP contribution in [0.5, 0.6) is 0 Å². The van der Waals surface area contributed by atoms with Crippen LogP contribution in [0.3, 0.4) is 0 Å². The molecular formula is C19H25N3O5. The zero-order valence-electron chi connectivity index (χ0n) is 15.5. The van der Waals surface area contributed by atoms with E-state index in [0.29, 0.717) is 6.42 Å². The molecule has 2 atom stereocenters. The van der Waals surface area contributed by atoms with Crippen molar-refractivity contribution in [3.63, 3.8) is 0 Å². The molecule has 0 aliphatic heterocycles. The number of carboxylic acid groups (broad SMARTS) is 1. The minimum atomic E-state index is -1.18. The lowest BCUT2D eigenvalue weighted by atomic mass is 10.0. The molecule has 0 unspecified atom stereocenters. The Kier molecular flexibility index (Phi) is 9.37. The SMILES string of the molecule is CC(C)[C@H](NC(=O)OCc1ccccc1)C(=O)N[C@H](CCCC#N)C(=O)O. The summed E-state index contributed by atoms with van der Waals surface area (Å²) in [7, 11) is 0. The molecule has 0 radical (unpaired) electrons. The highest BCUT2D eigenvalue weighted by Gasteiger charge is 2.28. The Morgan fingerprint density at radius 1 is 1.19 bits per heavy atom. The maximum atomic E-state index is 12.4. The molecule has 1 aromatic rings. The van der Waals surface area contributed by atoms with Crippen LogP contribution in [0.1, 0.15) is 38.7 Å². The van der Waals surface area contributed by atoms with Crippen molar-refractivity contribution in [2.24, 2.45) is 5.92 Å². The summed E-state index contributed by atoms with van der Waals surface area (Å²) in [5.74, 6) is -2.07. The molecule has 8 heteroatoms. The number of hydrogen-bond acceptors (Lipinski definition) is 5. The summed E-state index contributed by atoms with van der Waals surface area (Å²) in [6.45, 7) is 3.52. The maximum Gasteiger partial charge on any atom is 0.408 e. The lowest BCUT2D eigenvalue weighted by molar-refractivity contribution is -0.142. The lowest BCUT2D eigenvalue weighted by Crippen LogP contribution is -2.53. The fourth-order valence-electron chi connectivity index (χ4n) is 2.33. The van der Waals surface area contributed by atoms with Gasteiger partial charge in [-0.2, -0.15) is 5.26 Å². The Morgan fingerprint density at radius 2 is 1.85 bits per heavy atom. The molecule has 8 nitrogen and oxygen atoms in total. The van der Waals surface area contributed by atoms with Crippen LogP contribution in [-0.2, 0) is 20.9 Å². The van der Waals surface area contributed by atoms with E-state index in [1.54, 1.807) is 26.0 Å². The van der Waals surface area contributed by atoms with Crippen LogP contribution < -0.4 is 10.6 Å². The molecule has 0 spiro atoms. The van der Waals surface area contributed by atoms with Gasteiger partial charge in [-0.15, -0.1) is 0 Å². The van der Waals surface area contributed by atoms with Crippen molar-refractivity contribution in [3.8, 4) is 6.07 Å². The first-order valence-electron chi connectivity index (χ1n) is 8.72. The van der Waals surface area contributed by atoms with Crippen molar-refractivity contribution in [3.05, 3.63) is 35.9 Å². The van der Waals surface area contributed by atoms with Crippen LogP contribution in [-0.4, -0.2) is 35.2 Å². The number of benzene rings is 1. The minimum Gasteiger partial charge on any atom is -0.480 e. The summed E-state index contributed by atoms with van der Waals surface area (Å²) >= 11 is 0. The van der Waals surface area contributed by atoms with Gasteiger partial charge in [0.2, 0.25) is 5.91 Å². The summed E-state index contributed by atoms with van der Waals surface area (Å²) in [5, 5.41) is 22.7. The van der Waals surface area contributed by atoms with Gasteiger partial charge in [0.25, 0.3) is 0 Å². The van der Waals surface area contributed by atoms with Gasteiger partial charge in [0.05, 0.1) is 6.07 Å². The zero-order valence-corrected chi connectivity index (χ0v) is 15.5. The van der Waals surface area contributed by atoms with Crippen molar-refractivity contribution in [1.29, 1.82) is 5.26 Å². The van der Waals surface area contributed by atoms with E-state index < -0.39 is 30.1 Å². The molecule has 1 aromatic carbocycles. The number of hydrogen-bond donors (Lipinski definition) is 3. The first-order chi connectivity index (χ1) is 12.8. The van der Waals surface area contributed by atoms with E-state index in [0.717, 1.165) is 5.56 Å². The van der Waals surface area contributed by atoms with Crippen LogP contribution in [0.15, 0.2) is 30.3 Å². The highest BCUT2D eigenvalue weighted by atomic mass is 16.5. The van der Waals surface area contributed by atoms with E-state index in [1.807, 2.05) is 24.3 Å². The topological polar surface area (TPSA) is 129 Å². The van der Waals surface area contributed by atoms with Gasteiger partial charge in [-0.1, -0.05) is 44.2 Å². The van der Waals surface area contributed by atoms with Crippen LogP contribution >= 0.6 is 0 Å². The van der Waals surface area contributed by atoms with E-state index in [1.165, 1.54) is 0 Å². The van der Waals surface area contributed by atoms with Crippen LogP contribution in [0.2, 0.25) is 0 Å². The third-order valence-corrected chi connectivity index (χ3v) is 3.83. The number of nitrogens with one attached hydrogen (secondary N) is 2. The molecule has 1 rings (SSSR count). The van der Waals surface area contributed by atoms with E-state index in [4.69, 9.17) is 10.00 Å². The molecule has 3 N–H and O–H groups in total. The summed E-state index contributed by atoms with van der Waals surface area (Å²) in [6, 6.07) is 8.97. The largest absolute Gasteiger partial charge is 0.480 e. The molecule has 146 valence electrons. The van der Waals surface area contributed by atoms with Crippen LogP contribution in [0, 0.1) is 17.2 Å². The highest BCUT2D eigenvalue weighted by molar-refractivity contribution is 5.89. The van der Waals surface area contributed by atoms with Crippen molar-refractivity contribution in [2.45, 2.75) is 51.8 Å². The first kappa shape index (κ1) is 22.0. The Morgan fingerprint density at radius 3 is 2.41 bits per heavy atom. The molecule has 0 aromatic heterocycles. The highest BCUT2D eigenvalue weighted by Crippen LogP contribution is 2.07. The number of amides is 2. The minimum absolute atomic E-state index is 0.0605. The van der Waals surface area contributed by atoms with Gasteiger partial charge in [-0.25, -0.2) is 9.59 Å². The number of rotatable bonds is 10. The number of nitrogens with zero attached hydrogens (tertiary/aromatic N) is 1. The average molecular weight is 375 g/mol. The molecule has 0 fully saturated rings. The van der Waals surface area contributed by atoms with Crippen LogP contribution in [0.25, 0.3) is 0 Å². The second-order valence-corrected chi connectivity index (χ2v) is 6.38. The zero-order chi connectivity index (χ0) is 20.2. The summed E-state index contributed by atoms with van der Waals surface area (Å²) in [5.41, 5.74) is 0.807. The fourth-order valence-corrected chi connectivity index (χ4v) is 2.33. The van der Waals surface area contributed by atoms with Gasteiger partial charge in [0, 0.05) is 6.42 Å². The Bertz CT molecular complexity index is 670. The normalized spacial score (nSPS) is 12.5. The van der Waals surface area contributed by atoms with Gasteiger partial charge < -0.3 is 20.5 Å². The van der Waals surface area contributed by atoms with Crippen molar-refractivity contribution >= 4 is 18.0 Å². The van der Waals surface area contributed by atoms with E-state index in [2.05, 4.69) is 10.6 Å². The summed E-state index contributed by atoms with van der Waals surface area (Å²) < 4.78 is 5.11. The number of alkyl carbamates (subject to hydrolysis) is 1. The Labute approximate surface area is 158 Å². The fraction of sp³-hybridized carbons (Fsp3) is 0.474. The van der Waals surface area contributed by atoms with Gasteiger partial charge in [0.15, 0.2) is 0 Å².